The van der Waals surface area contributed by atoms with Crippen LogP contribution in [0.5, 0.6) is 0 Å². The fraction of sp³-hybridized carbons (Fsp3) is 0.650. The van der Waals surface area contributed by atoms with Gasteiger partial charge in [-0.25, -0.2) is 18.1 Å². The number of benzene rings is 1. The predicted molar refractivity (Wildman–Crippen MR) is 113 cm³/mol. The molecule has 7 nitrogen and oxygen atoms in total. The molecule has 0 amide bonds. The zero-order valence-electron chi connectivity index (χ0n) is 16.9. The molecule has 1 heterocycles. The number of aliphatic imine (C=N–C) groups is 1. The molecule has 1 aliphatic carbocycles. The number of nitrogens with one attached hydrogen (secondary N) is 3. The standard InChI is InChI=1S/C20H33N5O2S/c1-3-22-20(24-17-11-12-25(15-17)18-8-4-5-9-18)23-14-16-7-6-10-19(13-16)28(26,27)21-2/h6-7,10,13,17-18,21H,3-5,8-9,11-12,14-15H2,1-2H3,(H2,22,23,24). The van der Waals surface area contributed by atoms with Crippen molar-refractivity contribution in [2.24, 2.45) is 4.99 Å². The number of guanidine groups is 1. The number of likely N-dealkylation sites (tertiary alicyclic amines) is 1. The van der Waals surface area contributed by atoms with Gasteiger partial charge < -0.3 is 10.6 Å². The zero-order valence-corrected chi connectivity index (χ0v) is 17.8. The third-order valence-corrected chi connectivity index (χ3v) is 7.06. The molecule has 0 aromatic heterocycles. The van der Waals surface area contributed by atoms with Crippen molar-refractivity contribution in [3.8, 4) is 0 Å². The van der Waals surface area contributed by atoms with Crippen LogP contribution in [0.15, 0.2) is 34.2 Å². The first kappa shape index (κ1) is 21.1. The van der Waals surface area contributed by atoms with Gasteiger partial charge in [-0.05, 0) is 50.9 Å². The molecule has 0 radical (unpaired) electrons. The summed E-state index contributed by atoms with van der Waals surface area (Å²) in [7, 11) is -2.02. The second-order valence-electron chi connectivity index (χ2n) is 7.61. The average Bonchev–Trinajstić information content (AvgIpc) is 3.38. The quantitative estimate of drug-likeness (QED) is 0.473. The lowest BCUT2D eigenvalue weighted by molar-refractivity contribution is 0.242. The van der Waals surface area contributed by atoms with Gasteiger partial charge >= 0.3 is 0 Å². The first-order valence-electron chi connectivity index (χ1n) is 10.3. The van der Waals surface area contributed by atoms with E-state index in [0.29, 0.717) is 12.6 Å². The van der Waals surface area contributed by atoms with Gasteiger partial charge in [-0.2, -0.15) is 0 Å². The van der Waals surface area contributed by atoms with Crippen LogP contribution in [0.4, 0.5) is 0 Å². The minimum Gasteiger partial charge on any atom is -0.357 e. The van der Waals surface area contributed by atoms with Crippen molar-refractivity contribution in [2.75, 3.05) is 26.7 Å². The van der Waals surface area contributed by atoms with E-state index in [0.717, 1.165) is 43.6 Å². The van der Waals surface area contributed by atoms with Crippen LogP contribution < -0.4 is 15.4 Å². The van der Waals surface area contributed by atoms with Crippen molar-refractivity contribution >= 4 is 16.0 Å². The molecule has 2 fully saturated rings. The van der Waals surface area contributed by atoms with E-state index in [1.165, 1.54) is 32.7 Å². The zero-order chi connectivity index (χ0) is 20.0. The van der Waals surface area contributed by atoms with Crippen LogP contribution in [0, 0.1) is 0 Å². The first-order chi connectivity index (χ1) is 13.5. The van der Waals surface area contributed by atoms with Crippen LogP contribution >= 0.6 is 0 Å². The lowest BCUT2D eigenvalue weighted by Crippen LogP contribution is -2.45. The van der Waals surface area contributed by atoms with Crippen LogP contribution in [0.3, 0.4) is 0 Å². The first-order valence-corrected chi connectivity index (χ1v) is 11.8. The highest BCUT2D eigenvalue weighted by molar-refractivity contribution is 7.89. The summed E-state index contributed by atoms with van der Waals surface area (Å²) in [4.78, 5) is 7.57. The maximum Gasteiger partial charge on any atom is 0.240 e. The molecule has 2 aliphatic rings. The Kier molecular flexibility index (Phi) is 7.31. The Bertz CT molecular complexity index is 775. The van der Waals surface area contributed by atoms with E-state index in [4.69, 9.17) is 0 Å². The number of rotatable bonds is 7. The van der Waals surface area contributed by atoms with E-state index in [2.05, 4.69) is 32.2 Å². The van der Waals surface area contributed by atoms with Crippen LogP contribution in [-0.2, 0) is 16.6 Å². The van der Waals surface area contributed by atoms with E-state index < -0.39 is 10.0 Å². The smallest absolute Gasteiger partial charge is 0.240 e. The molecule has 1 aromatic carbocycles. The minimum absolute atomic E-state index is 0.267. The molecular weight excluding hydrogens is 374 g/mol. The molecule has 156 valence electrons. The lowest BCUT2D eigenvalue weighted by Gasteiger charge is -2.24. The third-order valence-electron chi connectivity index (χ3n) is 5.64. The fourth-order valence-electron chi connectivity index (χ4n) is 4.12. The van der Waals surface area contributed by atoms with Crippen LogP contribution in [0.25, 0.3) is 0 Å². The second kappa shape index (κ2) is 9.71. The normalized spacial score (nSPS) is 21.9. The van der Waals surface area contributed by atoms with Crippen LogP contribution in [0.2, 0.25) is 0 Å². The largest absolute Gasteiger partial charge is 0.357 e. The third kappa shape index (κ3) is 5.46. The average molecular weight is 408 g/mol. The molecule has 1 aliphatic heterocycles. The highest BCUT2D eigenvalue weighted by Gasteiger charge is 2.30. The number of sulfonamides is 1. The van der Waals surface area contributed by atoms with Crippen molar-refractivity contribution in [1.29, 1.82) is 0 Å². The highest BCUT2D eigenvalue weighted by atomic mass is 32.2. The van der Waals surface area contributed by atoms with Gasteiger partial charge in [-0.15, -0.1) is 0 Å². The Balaban J connectivity index is 1.61. The molecule has 3 N–H and O–H groups in total. The van der Waals surface area contributed by atoms with Crippen LogP contribution in [-0.4, -0.2) is 58.0 Å². The Labute approximate surface area is 169 Å². The van der Waals surface area contributed by atoms with E-state index in [1.54, 1.807) is 18.2 Å². The second-order valence-corrected chi connectivity index (χ2v) is 9.50. The summed E-state index contributed by atoms with van der Waals surface area (Å²) in [6.45, 7) is 5.51. The maximum atomic E-state index is 12.0. The lowest BCUT2D eigenvalue weighted by atomic mass is 10.2. The SMILES string of the molecule is CCNC(=NCc1cccc(S(=O)(=O)NC)c1)NC1CCN(C2CCCC2)C1. The Morgan fingerprint density at radius 1 is 1.25 bits per heavy atom. The van der Waals surface area contributed by atoms with Gasteiger partial charge in [-0.1, -0.05) is 25.0 Å². The van der Waals surface area contributed by atoms with E-state index in [-0.39, 0.29) is 4.90 Å². The molecule has 1 saturated heterocycles. The summed E-state index contributed by atoms with van der Waals surface area (Å²) < 4.78 is 26.3. The molecule has 28 heavy (non-hydrogen) atoms. The van der Waals surface area contributed by atoms with Gasteiger partial charge in [-0.3, -0.25) is 4.90 Å². The van der Waals surface area contributed by atoms with Gasteiger partial charge in [0, 0.05) is 31.7 Å². The monoisotopic (exact) mass is 407 g/mol. The molecule has 1 atom stereocenters. The van der Waals surface area contributed by atoms with E-state index in [1.807, 2.05) is 6.07 Å². The fourth-order valence-corrected chi connectivity index (χ4v) is 4.92. The highest BCUT2D eigenvalue weighted by Crippen LogP contribution is 2.26. The molecule has 0 bridgehead atoms. The summed E-state index contributed by atoms with van der Waals surface area (Å²) in [5, 5.41) is 6.87. The topological polar surface area (TPSA) is 85.8 Å². The molecular formula is C20H33N5O2S. The van der Waals surface area contributed by atoms with E-state index >= 15 is 0 Å². The number of hydrogen-bond acceptors (Lipinski definition) is 4. The van der Waals surface area contributed by atoms with Gasteiger partial charge in [0.2, 0.25) is 10.0 Å². The van der Waals surface area contributed by atoms with E-state index in [9.17, 15) is 8.42 Å². The van der Waals surface area contributed by atoms with Crippen molar-refractivity contribution in [1.82, 2.24) is 20.3 Å². The predicted octanol–water partition coefficient (Wildman–Crippen LogP) is 1.67. The van der Waals surface area contributed by atoms with Gasteiger partial charge in [0.1, 0.15) is 0 Å². The Morgan fingerprint density at radius 2 is 2.04 bits per heavy atom. The van der Waals surface area contributed by atoms with Gasteiger partial charge in [0.15, 0.2) is 5.96 Å². The summed E-state index contributed by atoms with van der Waals surface area (Å²) in [5.74, 6) is 0.794. The molecule has 1 unspecified atom stereocenters. The Hall–Kier alpha value is -1.64. The summed E-state index contributed by atoms with van der Waals surface area (Å²) in [5.41, 5.74) is 0.868. The maximum absolute atomic E-state index is 12.0. The molecule has 3 rings (SSSR count). The molecule has 8 heteroatoms. The van der Waals surface area contributed by atoms with Gasteiger partial charge in [0.05, 0.1) is 11.4 Å². The summed E-state index contributed by atoms with van der Waals surface area (Å²) in [6, 6.07) is 8.11. The Morgan fingerprint density at radius 3 is 2.75 bits per heavy atom. The van der Waals surface area contributed by atoms with Crippen molar-refractivity contribution < 1.29 is 8.42 Å². The number of nitrogens with zero attached hydrogens (tertiary/aromatic N) is 2. The van der Waals surface area contributed by atoms with Crippen LogP contribution in [0.1, 0.15) is 44.6 Å². The summed E-state index contributed by atoms with van der Waals surface area (Å²) in [6.07, 6.45) is 6.55. The van der Waals surface area contributed by atoms with Crippen molar-refractivity contribution in [3.05, 3.63) is 29.8 Å². The molecule has 1 aromatic rings. The minimum atomic E-state index is -3.44. The van der Waals surface area contributed by atoms with Crippen molar-refractivity contribution in [2.45, 2.75) is 62.6 Å². The van der Waals surface area contributed by atoms with Gasteiger partial charge in [0.25, 0.3) is 0 Å². The summed E-state index contributed by atoms with van der Waals surface area (Å²) >= 11 is 0. The molecule has 0 spiro atoms. The van der Waals surface area contributed by atoms with Crippen molar-refractivity contribution in [3.63, 3.8) is 0 Å². The number of hydrogen-bond donors (Lipinski definition) is 3. The molecule has 1 saturated carbocycles.